The monoisotopic (exact) mass is 453 g/mol. The SMILES string of the molecule is O=C(CSc1nnc2n1CCCCC2)Nc1cc(C(F)(F)F)ccc1N1CCCCC1. The molecule has 0 saturated carbocycles. The van der Waals surface area contributed by atoms with Crippen molar-refractivity contribution >= 4 is 29.0 Å². The zero-order valence-electron chi connectivity index (χ0n) is 17.2. The van der Waals surface area contributed by atoms with Crippen molar-refractivity contribution < 1.29 is 18.0 Å². The minimum Gasteiger partial charge on any atom is -0.370 e. The maximum atomic E-state index is 13.3. The van der Waals surface area contributed by atoms with E-state index in [-0.39, 0.29) is 17.3 Å². The van der Waals surface area contributed by atoms with Gasteiger partial charge < -0.3 is 14.8 Å². The van der Waals surface area contributed by atoms with Gasteiger partial charge in [0.2, 0.25) is 5.91 Å². The Hall–Kier alpha value is -2.23. The molecule has 0 unspecified atom stereocenters. The Balaban J connectivity index is 1.48. The second-order valence-corrected chi connectivity index (χ2v) is 8.92. The van der Waals surface area contributed by atoms with Crippen molar-refractivity contribution in [2.24, 2.45) is 0 Å². The van der Waals surface area contributed by atoms with Crippen LogP contribution in [0.15, 0.2) is 23.4 Å². The van der Waals surface area contributed by atoms with E-state index in [9.17, 15) is 18.0 Å². The summed E-state index contributed by atoms with van der Waals surface area (Å²) in [6, 6.07) is 3.59. The Morgan fingerprint density at radius 3 is 2.55 bits per heavy atom. The van der Waals surface area contributed by atoms with Gasteiger partial charge in [0, 0.05) is 26.1 Å². The smallest absolute Gasteiger partial charge is 0.370 e. The molecule has 2 aliphatic rings. The summed E-state index contributed by atoms with van der Waals surface area (Å²) in [5.74, 6) is 0.646. The summed E-state index contributed by atoms with van der Waals surface area (Å²) in [6.45, 7) is 2.38. The van der Waals surface area contributed by atoms with E-state index in [0.717, 1.165) is 82.5 Å². The normalized spacial score (nSPS) is 17.2. The average Bonchev–Trinajstić information content (AvgIpc) is 2.98. The van der Waals surface area contributed by atoms with Crippen LogP contribution in [0.2, 0.25) is 0 Å². The molecular weight excluding hydrogens is 427 g/mol. The van der Waals surface area contributed by atoms with E-state index in [2.05, 4.69) is 15.5 Å². The second kappa shape index (κ2) is 9.50. The highest BCUT2D eigenvalue weighted by molar-refractivity contribution is 7.99. The maximum absolute atomic E-state index is 13.3. The van der Waals surface area contributed by atoms with Gasteiger partial charge in [-0.3, -0.25) is 4.79 Å². The van der Waals surface area contributed by atoms with Crippen LogP contribution in [-0.4, -0.2) is 39.5 Å². The molecule has 1 N–H and O–H groups in total. The molecule has 168 valence electrons. The van der Waals surface area contributed by atoms with E-state index in [1.54, 1.807) is 0 Å². The first-order valence-electron chi connectivity index (χ1n) is 10.7. The molecule has 2 aromatic rings. The molecule has 10 heteroatoms. The van der Waals surface area contributed by atoms with Crippen molar-refractivity contribution in [3.05, 3.63) is 29.6 Å². The molecule has 1 amide bonds. The molecule has 0 atom stereocenters. The number of carbonyl (C=O) groups excluding carboxylic acids is 1. The average molecular weight is 454 g/mol. The van der Waals surface area contributed by atoms with Crippen LogP contribution in [-0.2, 0) is 23.9 Å². The van der Waals surface area contributed by atoms with Crippen LogP contribution in [0.1, 0.15) is 49.9 Å². The number of aromatic nitrogens is 3. The number of halogens is 3. The highest BCUT2D eigenvalue weighted by Gasteiger charge is 2.32. The number of rotatable bonds is 5. The minimum absolute atomic E-state index is 0.0633. The van der Waals surface area contributed by atoms with Crippen LogP contribution in [0.4, 0.5) is 24.5 Å². The zero-order valence-corrected chi connectivity index (χ0v) is 18.1. The van der Waals surface area contributed by atoms with Crippen molar-refractivity contribution in [3.8, 4) is 0 Å². The molecule has 1 fully saturated rings. The third-order valence-corrected chi connectivity index (χ3v) is 6.67. The Morgan fingerprint density at radius 1 is 1.03 bits per heavy atom. The summed E-state index contributed by atoms with van der Waals surface area (Å²) >= 11 is 1.27. The second-order valence-electron chi connectivity index (χ2n) is 7.98. The highest BCUT2D eigenvalue weighted by Crippen LogP contribution is 2.36. The molecule has 4 rings (SSSR count). The van der Waals surface area contributed by atoms with E-state index in [1.165, 1.54) is 17.8 Å². The third kappa shape index (κ3) is 5.34. The molecule has 6 nitrogen and oxygen atoms in total. The fourth-order valence-corrected chi connectivity index (χ4v) is 4.89. The van der Waals surface area contributed by atoms with Crippen molar-refractivity contribution in [3.63, 3.8) is 0 Å². The topological polar surface area (TPSA) is 63.1 Å². The van der Waals surface area contributed by atoms with Gasteiger partial charge in [0.25, 0.3) is 0 Å². The number of hydrogen-bond donors (Lipinski definition) is 1. The number of carbonyl (C=O) groups is 1. The number of thioether (sulfide) groups is 1. The molecule has 1 aromatic carbocycles. The molecule has 1 aromatic heterocycles. The molecule has 3 heterocycles. The molecule has 2 aliphatic heterocycles. The number of benzene rings is 1. The fraction of sp³-hybridized carbons (Fsp3) is 0.571. The van der Waals surface area contributed by atoms with Crippen LogP contribution in [0.25, 0.3) is 0 Å². The number of aryl methyl sites for hydroxylation is 1. The lowest BCUT2D eigenvalue weighted by atomic mass is 10.1. The van der Waals surface area contributed by atoms with Crippen molar-refractivity contribution in [1.29, 1.82) is 0 Å². The Bertz CT molecular complexity index is 924. The van der Waals surface area contributed by atoms with Crippen molar-refractivity contribution in [2.45, 2.75) is 62.8 Å². The van der Waals surface area contributed by atoms with Gasteiger partial charge in [-0.05, 0) is 50.3 Å². The fourth-order valence-electron chi connectivity index (χ4n) is 4.10. The van der Waals surface area contributed by atoms with Crippen LogP contribution in [0.3, 0.4) is 0 Å². The van der Waals surface area contributed by atoms with E-state index < -0.39 is 11.7 Å². The first-order chi connectivity index (χ1) is 14.9. The van der Waals surface area contributed by atoms with Crippen LogP contribution < -0.4 is 10.2 Å². The molecule has 0 bridgehead atoms. The number of amides is 1. The Labute approximate surface area is 183 Å². The lowest BCUT2D eigenvalue weighted by molar-refractivity contribution is -0.137. The molecule has 31 heavy (non-hydrogen) atoms. The quantitative estimate of drug-likeness (QED) is 0.663. The largest absolute Gasteiger partial charge is 0.416 e. The van der Waals surface area contributed by atoms with Crippen LogP contribution >= 0.6 is 11.8 Å². The van der Waals surface area contributed by atoms with E-state index in [4.69, 9.17) is 0 Å². The standard InChI is InChI=1S/C21H26F3N5OS/c22-21(23,24)15-8-9-17(28-10-4-2-5-11-28)16(13-15)25-19(30)14-31-20-27-26-18-7-3-1-6-12-29(18)20/h8-9,13H,1-7,10-12,14H2,(H,25,30). The van der Waals surface area contributed by atoms with E-state index in [1.807, 2.05) is 9.47 Å². The van der Waals surface area contributed by atoms with Gasteiger partial charge in [0.15, 0.2) is 5.16 Å². The number of fused-ring (bicyclic) bond motifs is 1. The minimum atomic E-state index is -4.46. The van der Waals surface area contributed by atoms with Gasteiger partial charge in [-0.25, -0.2) is 0 Å². The lowest BCUT2D eigenvalue weighted by Gasteiger charge is -2.31. The molecule has 0 aliphatic carbocycles. The van der Waals surface area contributed by atoms with Crippen LogP contribution in [0, 0.1) is 0 Å². The number of hydrogen-bond acceptors (Lipinski definition) is 5. The molecule has 1 saturated heterocycles. The summed E-state index contributed by atoms with van der Waals surface area (Å²) in [5.41, 5.74) is 0.0868. The number of piperidine rings is 1. The van der Waals surface area contributed by atoms with Gasteiger partial charge in [0.1, 0.15) is 5.82 Å². The highest BCUT2D eigenvalue weighted by atomic mass is 32.2. The zero-order chi connectivity index (χ0) is 21.8. The Kier molecular flexibility index (Phi) is 6.74. The molecule has 0 spiro atoms. The van der Waals surface area contributed by atoms with E-state index >= 15 is 0 Å². The molecular formula is C21H26F3N5OS. The van der Waals surface area contributed by atoms with Gasteiger partial charge in [0.05, 0.1) is 22.7 Å². The Morgan fingerprint density at radius 2 is 1.77 bits per heavy atom. The van der Waals surface area contributed by atoms with Gasteiger partial charge >= 0.3 is 6.18 Å². The summed E-state index contributed by atoms with van der Waals surface area (Å²) in [5, 5.41) is 11.8. The predicted octanol–water partition coefficient (Wildman–Crippen LogP) is 4.74. The summed E-state index contributed by atoms with van der Waals surface area (Å²) in [6.07, 6.45) is 2.77. The first kappa shape index (κ1) is 22.0. The van der Waals surface area contributed by atoms with Crippen molar-refractivity contribution in [2.75, 3.05) is 29.1 Å². The van der Waals surface area contributed by atoms with Crippen molar-refractivity contribution in [1.82, 2.24) is 14.8 Å². The maximum Gasteiger partial charge on any atom is 0.416 e. The predicted molar refractivity (Wildman–Crippen MR) is 114 cm³/mol. The third-order valence-electron chi connectivity index (χ3n) is 5.70. The van der Waals surface area contributed by atoms with E-state index in [0.29, 0.717) is 10.8 Å². The van der Waals surface area contributed by atoms with Gasteiger partial charge in [-0.1, -0.05) is 18.2 Å². The number of anilines is 2. The summed E-state index contributed by atoms with van der Waals surface area (Å²) in [7, 11) is 0. The van der Waals surface area contributed by atoms with Crippen LogP contribution in [0.5, 0.6) is 0 Å². The number of nitrogens with zero attached hydrogens (tertiary/aromatic N) is 4. The summed E-state index contributed by atoms with van der Waals surface area (Å²) in [4.78, 5) is 14.7. The first-order valence-corrected chi connectivity index (χ1v) is 11.7. The number of alkyl halides is 3. The summed E-state index contributed by atoms with van der Waals surface area (Å²) < 4.78 is 41.8. The number of nitrogens with one attached hydrogen (secondary N) is 1. The van der Waals surface area contributed by atoms with Gasteiger partial charge in [-0.15, -0.1) is 10.2 Å². The van der Waals surface area contributed by atoms with Gasteiger partial charge in [-0.2, -0.15) is 13.2 Å². The lowest BCUT2D eigenvalue weighted by Crippen LogP contribution is -2.30. The molecule has 0 radical (unpaired) electrons.